The highest BCUT2D eigenvalue weighted by molar-refractivity contribution is 5.79. The van der Waals surface area contributed by atoms with Crippen molar-refractivity contribution in [2.45, 2.75) is 6.42 Å². The van der Waals surface area contributed by atoms with Gasteiger partial charge in [-0.2, -0.15) is 0 Å². The van der Waals surface area contributed by atoms with Crippen LogP contribution in [0.25, 0.3) is 0 Å². The van der Waals surface area contributed by atoms with Crippen molar-refractivity contribution in [3.05, 3.63) is 18.6 Å². The summed E-state index contributed by atoms with van der Waals surface area (Å²) >= 11 is 0. The van der Waals surface area contributed by atoms with Crippen molar-refractivity contribution in [3.63, 3.8) is 0 Å². The molecule has 0 rings (SSSR count). The number of rotatable bonds is 4. The van der Waals surface area contributed by atoms with E-state index >= 15 is 0 Å². The Morgan fingerprint density at radius 2 is 2.22 bits per heavy atom. The smallest absolute Gasteiger partial charge is 0.327 e. The third-order valence-electron chi connectivity index (χ3n) is 0.671. The van der Waals surface area contributed by atoms with Gasteiger partial charge in [-0.25, -0.2) is 4.79 Å². The van der Waals surface area contributed by atoms with Gasteiger partial charge in [-0.3, -0.25) is 0 Å². The minimum absolute atomic E-state index is 0.0595. The lowest BCUT2D eigenvalue weighted by Gasteiger charge is -1.84. The lowest BCUT2D eigenvalue weighted by molar-refractivity contribution is -0.131. The van der Waals surface area contributed by atoms with Gasteiger partial charge >= 0.3 is 5.97 Å². The van der Waals surface area contributed by atoms with E-state index < -0.39 is 5.97 Å². The molecular weight excluding hydrogens is 120 g/mol. The van der Waals surface area contributed by atoms with Crippen LogP contribution in [-0.4, -0.2) is 22.8 Å². The molecule has 0 heterocycles. The standard InChI is InChI=1S/C6H9O3/c7-5-3-1-2-4-6(8)9/h1-2,4,7H,3,5H2,(H,8,9). The molecular formula is C6H9O3. The third-order valence-corrected chi connectivity index (χ3v) is 0.671. The van der Waals surface area contributed by atoms with Crippen molar-refractivity contribution in [1.82, 2.24) is 0 Å². The number of aliphatic carboxylic acids is 1. The summed E-state index contributed by atoms with van der Waals surface area (Å²) in [6, 6.07) is 0. The zero-order valence-electron chi connectivity index (χ0n) is 4.95. The number of unbranched alkanes of at least 4 members (excludes halogenated alkanes) is 1. The highest BCUT2D eigenvalue weighted by atomic mass is 16.4. The SMILES string of the molecule is O=C(O)C=C[CH]CCO. The van der Waals surface area contributed by atoms with E-state index in [2.05, 4.69) is 0 Å². The number of carboxylic acids is 1. The second kappa shape index (κ2) is 5.31. The van der Waals surface area contributed by atoms with Crippen LogP contribution in [0.15, 0.2) is 12.2 Å². The number of allylic oxidation sites excluding steroid dienone is 1. The Hall–Kier alpha value is -0.830. The van der Waals surface area contributed by atoms with E-state index in [9.17, 15) is 4.79 Å². The Bertz CT molecular complexity index is 107. The average Bonchev–Trinajstić information content (AvgIpc) is 1.80. The number of aliphatic hydroxyl groups is 1. The molecule has 3 nitrogen and oxygen atoms in total. The van der Waals surface area contributed by atoms with E-state index in [0.29, 0.717) is 6.42 Å². The van der Waals surface area contributed by atoms with Crippen LogP contribution >= 0.6 is 0 Å². The summed E-state index contributed by atoms with van der Waals surface area (Å²) in [6.45, 7) is 0.0595. The maximum absolute atomic E-state index is 9.79. The van der Waals surface area contributed by atoms with E-state index in [1.165, 1.54) is 6.08 Å². The fourth-order valence-electron chi connectivity index (χ4n) is 0.321. The first-order valence-electron chi connectivity index (χ1n) is 2.61. The normalized spacial score (nSPS) is 10.3. The maximum atomic E-state index is 9.79. The molecule has 0 aliphatic heterocycles. The van der Waals surface area contributed by atoms with Crippen LogP contribution in [0.3, 0.4) is 0 Å². The minimum Gasteiger partial charge on any atom is -0.478 e. The van der Waals surface area contributed by atoms with Crippen molar-refractivity contribution < 1.29 is 15.0 Å². The van der Waals surface area contributed by atoms with Crippen molar-refractivity contribution in [2.24, 2.45) is 0 Å². The molecule has 0 unspecified atom stereocenters. The molecule has 0 amide bonds. The second-order valence-electron chi connectivity index (χ2n) is 1.45. The predicted octanol–water partition coefficient (Wildman–Crippen LogP) is 0.214. The first kappa shape index (κ1) is 8.17. The molecule has 3 heteroatoms. The van der Waals surface area contributed by atoms with Crippen LogP contribution in [0.4, 0.5) is 0 Å². The quantitative estimate of drug-likeness (QED) is 0.421. The van der Waals surface area contributed by atoms with Crippen LogP contribution in [-0.2, 0) is 4.79 Å². The lowest BCUT2D eigenvalue weighted by atomic mass is 10.3. The molecule has 0 aromatic rings. The Morgan fingerprint density at radius 1 is 1.56 bits per heavy atom. The molecule has 0 aromatic carbocycles. The van der Waals surface area contributed by atoms with Crippen molar-refractivity contribution in [3.8, 4) is 0 Å². The van der Waals surface area contributed by atoms with Gasteiger partial charge in [0.15, 0.2) is 0 Å². The van der Waals surface area contributed by atoms with Crippen molar-refractivity contribution in [1.29, 1.82) is 0 Å². The van der Waals surface area contributed by atoms with Gasteiger partial charge in [-0.15, -0.1) is 0 Å². The average molecular weight is 129 g/mol. The summed E-state index contributed by atoms with van der Waals surface area (Å²) in [7, 11) is 0. The number of carbonyl (C=O) groups is 1. The van der Waals surface area contributed by atoms with E-state index in [4.69, 9.17) is 10.2 Å². The molecule has 51 valence electrons. The van der Waals surface area contributed by atoms with Crippen molar-refractivity contribution in [2.75, 3.05) is 6.61 Å². The van der Waals surface area contributed by atoms with Crippen molar-refractivity contribution >= 4 is 5.97 Å². The van der Waals surface area contributed by atoms with E-state index in [1.807, 2.05) is 0 Å². The Balaban J connectivity index is 3.15. The monoisotopic (exact) mass is 129 g/mol. The highest BCUT2D eigenvalue weighted by Crippen LogP contribution is 1.85. The first-order valence-corrected chi connectivity index (χ1v) is 2.61. The molecule has 9 heavy (non-hydrogen) atoms. The number of aliphatic hydroxyl groups excluding tert-OH is 1. The summed E-state index contributed by atoms with van der Waals surface area (Å²) in [5, 5.41) is 16.3. The Kier molecular flexibility index (Phi) is 4.82. The van der Waals surface area contributed by atoms with Crippen LogP contribution < -0.4 is 0 Å². The summed E-state index contributed by atoms with van der Waals surface area (Å²) in [6.07, 6.45) is 4.52. The van der Waals surface area contributed by atoms with Crippen LogP contribution in [0.5, 0.6) is 0 Å². The highest BCUT2D eigenvalue weighted by Gasteiger charge is 1.83. The number of hydrogen-bond acceptors (Lipinski definition) is 2. The molecule has 0 saturated heterocycles. The summed E-state index contributed by atoms with van der Waals surface area (Å²) in [5.41, 5.74) is 0. The fraction of sp³-hybridized carbons (Fsp3) is 0.333. The molecule has 2 N–H and O–H groups in total. The zero-order chi connectivity index (χ0) is 7.11. The van der Waals surface area contributed by atoms with Gasteiger partial charge in [-0.1, -0.05) is 6.08 Å². The largest absolute Gasteiger partial charge is 0.478 e. The Labute approximate surface area is 53.6 Å². The van der Waals surface area contributed by atoms with E-state index in [0.717, 1.165) is 6.08 Å². The summed E-state index contributed by atoms with van der Waals surface area (Å²) in [4.78, 5) is 9.79. The van der Waals surface area contributed by atoms with E-state index in [1.54, 1.807) is 6.42 Å². The number of hydrogen-bond donors (Lipinski definition) is 2. The van der Waals surface area contributed by atoms with E-state index in [-0.39, 0.29) is 6.61 Å². The number of carboxylic acid groups (broad SMARTS) is 1. The maximum Gasteiger partial charge on any atom is 0.327 e. The van der Waals surface area contributed by atoms with Gasteiger partial charge in [-0.05, 0) is 12.8 Å². The lowest BCUT2D eigenvalue weighted by Crippen LogP contribution is -1.86. The van der Waals surface area contributed by atoms with Gasteiger partial charge in [0, 0.05) is 12.7 Å². The molecule has 0 bridgehead atoms. The van der Waals surface area contributed by atoms with Gasteiger partial charge in [0.05, 0.1) is 0 Å². The Morgan fingerprint density at radius 3 is 2.67 bits per heavy atom. The molecule has 0 aromatic heterocycles. The van der Waals surface area contributed by atoms with Crippen LogP contribution in [0.2, 0.25) is 0 Å². The van der Waals surface area contributed by atoms with Gasteiger partial charge < -0.3 is 10.2 Å². The molecule has 0 aliphatic carbocycles. The van der Waals surface area contributed by atoms with Gasteiger partial charge in [0.25, 0.3) is 0 Å². The zero-order valence-corrected chi connectivity index (χ0v) is 4.95. The van der Waals surface area contributed by atoms with Gasteiger partial charge in [0.2, 0.25) is 0 Å². The fourth-order valence-corrected chi connectivity index (χ4v) is 0.321. The molecule has 1 radical (unpaired) electrons. The molecule has 0 atom stereocenters. The summed E-state index contributed by atoms with van der Waals surface area (Å²) in [5.74, 6) is -0.968. The van der Waals surface area contributed by atoms with Crippen LogP contribution in [0, 0.1) is 6.42 Å². The first-order chi connectivity index (χ1) is 4.27. The molecule has 0 fully saturated rings. The van der Waals surface area contributed by atoms with Gasteiger partial charge in [0.1, 0.15) is 0 Å². The predicted molar refractivity (Wildman–Crippen MR) is 32.8 cm³/mol. The second-order valence-corrected chi connectivity index (χ2v) is 1.45. The van der Waals surface area contributed by atoms with Crippen LogP contribution in [0.1, 0.15) is 6.42 Å². The molecule has 0 saturated carbocycles. The molecule has 0 aliphatic rings. The third kappa shape index (κ3) is 7.17. The minimum atomic E-state index is -0.968. The topological polar surface area (TPSA) is 57.5 Å². The molecule has 0 spiro atoms. The summed E-state index contributed by atoms with van der Waals surface area (Å²) < 4.78 is 0.